The standard InChI is InChI=1S/C15H13BrN4/c16-13-4-1-3-12(9-13)10-17-14-5-6-15(18-11-14)20-8-2-7-19-20/h1-9,11,17H,10H2. The maximum Gasteiger partial charge on any atom is 0.153 e. The van der Waals surface area contributed by atoms with E-state index in [1.54, 1.807) is 10.9 Å². The first-order valence-electron chi connectivity index (χ1n) is 6.26. The number of aromatic nitrogens is 3. The topological polar surface area (TPSA) is 42.7 Å². The van der Waals surface area contributed by atoms with Crippen LogP contribution < -0.4 is 5.32 Å². The van der Waals surface area contributed by atoms with Gasteiger partial charge in [-0.1, -0.05) is 28.1 Å². The number of benzene rings is 1. The maximum absolute atomic E-state index is 4.38. The van der Waals surface area contributed by atoms with Gasteiger partial charge in [-0.15, -0.1) is 0 Å². The van der Waals surface area contributed by atoms with E-state index in [1.807, 2.05) is 42.7 Å². The van der Waals surface area contributed by atoms with Crippen molar-refractivity contribution in [3.8, 4) is 5.82 Å². The average molecular weight is 329 g/mol. The van der Waals surface area contributed by atoms with Crippen LogP contribution >= 0.6 is 15.9 Å². The molecule has 0 saturated heterocycles. The van der Waals surface area contributed by atoms with Crippen LogP contribution in [0.1, 0.15) is 5.56 Å². The fourth-order valence-corrected chi connectivity index (χ4v) is 2.33. The number of hydrogen-bond donors (Lipinski definition) is 1. The quantitative estimate of drug-likeness (QED) is 0.795. The molecule has 0 atom stereocenters. The highest BCUT2D eigenvalue weighted by atomic mass is 79.9. The van der Waals surface area contributed by atoms with Crippen molar-refractivity contribution in [3.63, 3.8) is 0 Å². The molecule has 1 aromatic carbocycles. The smallest absolute Gasteiger partial charge is 0.153 e. The molecule has 0 saturated carbocycles. The number of pyridine rings is 1. The molecule has 4 nitrogen and oxygen atoms in total. The fourth-order valence-electron chi connectivity index (χ4n) is 1.88. The summed E-state index contributed by atoms with van der Waals surface area (Å²) in [7, 11) is 0. The zero-order valence-corrected chi connectivity index (χ0v) is 12.3. The molecule has 0 amide bonds. The van der Waals surface area contributed by atoms with Gasteiger partial charge in [-0.05, 0) is 35.9 Å². The Hall–Kier alpha value is -2.14. The van der Waals surface area contributed by atoms with Gasteiger partial charge in [0.2, 0.25) is 0 Å². The van der Waals surface area contributed by atoms with Gasteiger partial charge in [0.15, 0.2) is 5.82 Å². The van der Waals surface area contributed by atoms with E-state index in [0.717, 1.165) is 22.5 Å². The van der Waals surface area contributed by atoms with E-state index in [1.165, 1.54) is 5.56 Å². The lowest BCUT2D eigenvalue weighted by Crippen LogP contribution is -2.02. The van der Waals surface area contributed by atoms with E-state index in [9.17, 15) is 0 Å². The summed E-state index contributed by atoms with van der Waals surface area (Å²) in [6.07, 6.45) is 5.42. The van der Waals surface area contributed by atoms with Gasteiger partial charge in [-0.2, -0.15) is 5.10 Å². The second kappa shape index (κ2) is 5.88. The SMILES string of the molecule is Brc1cccc(CNc2ccc(-n3cccn3)nc2)c1. The second-order valence-corrected chi connectivity index (χ2v) is 5.25. The van der Waals surface area contributed by atoms with Gasteiger partial charge in [0, 0.05) is 23.4 Å². The summed E-state index contributed by atoms with van der Waals surface area (Å²) in [5.74, 6) is 0.808. The van der Waals surface area contributed by atoms with Crippen molar-refractivity contribution in [2.75, 3.05) is 5.32 Å². The number of hydrogen-bond acceptors (Lipinski definition) is 3. The Morgan fingerprint density at radius 1 is 1.15 bits per heavy atom. The van der Waals surface area contributed by atoms with Crippen molar-refractivity contribution < 1.29 is 0 Å². The Kier molecular flexibility index (Phi) is 3.78. The molecule has 0 unspecified atom stereocenters. The second-order valence-electron chi connectivity index (χ2n) is 4.34. The van der Waals surface area contributed by atoms with Gasteiger partial charge >= 0.3 is 0 Å². The lowest BCUT2D eigenvalue weighted by Gasteiger charge is -2.07. The van der Waals surface area contributed by atoms with E-state index >= 15 is 0 Å². The summed E-state index contributed by atoms with van der Waals surface area (Å²) in [6, 6.07) is 14.0. The number of nitrogens with one attached hydrogen (secondary N) is 1. The monoisotopic (exact) mass is 328 g/mol. The molecular formula is C15H13BrN4. The van der Waals surface area contributed by atoms with Crippen LogP contribution in [-0.2, 0) is 6.54 Å². The Labute approximate surface area is 125 Å². The van der Waals surface area contributed by atoms with Gasteiger partial charge in [-0.25, -0.2) is 9.67 Å². The van der Waals surface area contributed by atoms with Crippen LogP contribution in [0.5, 0.6) is 0 Å². The van der Waals surface area contributed by atoms with E-state index in [-0.39, 0.29) is 0 Å². The summed E-state index contributed by atoms with van der Waals surface area (Å²) >= 11 is 3.47. The molecule has 3 rings (SSSR count). The lowest BCUT2D eigenvalue weighted by atomic mass is 10.2. The Bertz CT molecular complexity index is 677. The molecule has 0 aliphatic rings. The minimum absolute atomic E-state index is 0.766. The zero-order chi connectivity index (χ0) is 13.8. The maximum atomic E-state index is 4.38. The molecule has 100 valence electrons. The number of anilines is 1. The molecule has 0 radical (unpaired) electrons. The molecule has 0 aliphatic heterocycles. The van der Waals surface area contributed by atoms with Crippen LogP contribution in [0.3, 0.4) is 0 Å². The van der Waals surface area contributed by atoms with Gasteiger partial charge in [0.25, 0.3) is 0 Å². The summed E-state index contributed by atoms with van der Waals surface area (Å²) < 4.78 is 2.82. The van der Waals surface area contributed by atoms with E-state index in [0.29, 0.717) is 0 Å². The molecule has 0 aliphatic carbocycles. The van der Waals surface area contributed by atoms with Crippen molar-refractivity contribution in [1.29, 1.82) is 0 Å². The van der Waals surface area contributed by atoms with Crippen molar-refractivity contribution in [1.82, 2.24) is 14.8 Å². The molecule has 2 heterocycles. The molecular weight excluding hydrogens is 316 g/mol. The predicted molar refractivity (Wildman–Crippen MR) is 82.8 cm³/mol. The fraction of sp³-hybridized carbons (Fsp3) is 0.0667. The average Bonchev–Trinajstić information content (AvgIpc) is 3.00. The van der Waals surface area contributed by atoms with Crippen LogP contribution in [0.4, 0.5) is 5.69 Å². The molecule has 3 aromatic rings. The van der Waals surface area contributed by atoms with Gasteiger partial charge in [0.05, 0.1) is 11.9 Å². The normalized spacial score (nSPS) is 10.4. The third-order valence-electron chi connectivity index (χ3n) is 2.87. The molecule has 1 N–H and O–H groups in total. The first-order valence-corrected chi connectivity index (χ1v) is 7.05. The van der Waals surface area contributed by atoms with Crippen LogP contribution in [0, 0.1) is 0 Å². The molecule has 20 heavy (non-hydrogen) atoms. The third-order valence-corrected chi connectivity index (χ3v) is 3.37. The van der Waals surface area contributed by atoms with Crippen LogP contribution in [0.15, 0.2) is 65.5 Å². The minimum atomic E-state index is 0.766. The minimum Gasteiger partial charge on any atom is -0.380 e. The van der Waals surface area contributed by atoms with Gasteiger partial charge < -0.3 is 5.32 Å². The van der Waals surface area contributed by atoms with Crippen molar-refractivity contribution >= 4 is 21.6 Å². The Balaban J connectivity index is 1.67. The van der Waals surface area contributed by atoms with Crippen molar-refractivity contribution in [2.24, 2.45) is 0 Å². The molecule has 0 fully saturated rings. The molecule has 2 aromatic heterocycles. The first-order chi connectivity index (χ1) is 9.81. The van der Waals surface area contributed by atoms with Crippen LogP contribution in [0.2, 0.25) is 0 Å². The summed E-state index contributed by atoms with van der Waals surface area (Å²) in [5, 5.41) is 7.50. The number of rotatable bonds is 4. The van der Waals surface area contributed by atoms with Crippen molar-refractivity contribution in [2.45, 2.75) is 6.54 Å². The van der Waals surface area contributed by atoms with Crippen molar-refractivity contribution in [3.05, 3.63) is 71.1 Å². The highest BCUT2D eigenvalue weighted by molar-refractivity contribution is 9.10. The van der Waals surface area contributed by atoms with E-state index in [4.69, 9.17) is 0 Å². The first kappa shape index (κ1) is 12.9. The summed E-state index contributed by atoms with van der Waals surface area (Å²) in [5.41, 5.74) is 2.21. The third kappa shape index (κ3) is 3.05. The Morgan fingerprint density at radius 2 is 2.10 bits per heavy atom. The highest BCUT2D eigenvalue weighted by Gasteiger charge is 1.99. The van der Waals surface area contributed by atoms with E-state index in [2.05, 4.69) is 43.5 Å². The van der Waals surface area contributed by atoms with Crippen LogP contribution in [-0.4, -0.2) is 14.8 Å². The van der Waals surface area contributed by atoms with Gasteiger partial charge in [-0.3, -0.25) is 0 Å². The lowest BCUT2D eigenvalue weighted by molar-refractivity contribution is 0.847. The number of nitrogens with zero attached hydrogens (tertiary/aromatic N) is 3. The summed E-state index contributed by atoms with van der Waals surface area (Å²) in [6.45, 7) is 0.766. The van der Waals surface area contributed by atoms with E-state index < -0.39 is 0 Å². The van der Waals surface area contributed by atoms with Gasteiger partial charge in [0.1, 0.15) is 0 Å². The van der Waals surface area contributed by atoms with Crippen LogP contribution in [0.25, 0.3) is 5.82 Å². The zero-order valence-electron chi connectivity index (χ0n) is 10.7. The summed E-state index contributed by atoms with van der Waals surface area (Å²) in [4.78, 5) is 4.38. The predicted octanol–water partition coefficient (Wildman–Crippen LogP) is 3.64. The highest BCUT2D eigenvalue weighted by Crippen LogP contribution is 2.14. The number of halogens is 1. The largest absolute Gasteiger partial charge is 0.380 e. The molecule has 5 heteroatoms. The molecule has 0 spiro atoms. The Morgan fingerprint density at radius 3 is 2.80 bits per heavy atom. The molecule has 0 bridgehead atoms.